The number of carbonyl (C=O) groups is 1. The molecule has 0 N–H and O–H groups in total. The Balaban J connectivity index is 1.44. The Kier molecular flexibility index (Phi) is 6.67. The van der Waals surface area contributed by atoms with Gasteiger partial charge in [-0.2, -0.15) is 8.42 Å². The molecule has 0 aromatic heterocycles. The van der Waals surface area contributed by atoms with Crippen LogP contribution in [0.25, 0.3) is 0 Å². The highest BCUT2D eigenvalue weighted by Crippen LogP contribution is 2.28. The molecular weight excluding hydrogens is 442 g/mol. The number of carbonyl (C=O) groups excluding carboxylic acids is 1. The number of rotatable bonds is 7. The lowest BCUT2D eigenvalue weighted by Gasteiger charge is -2.32. The van der Waals surface area contributed by atoms with Gasteiger partial charge in [0.15, 0.2) is 6.10 Å². The molecule has 1 heterocycles. The molecule has 0 saturated carbocycles. The van der Waals surface area contributed by atoms with Crippen molar-refractivity contribution in [2.24, 2.45) is 0 Å². The first-order valence-corrected chi connectivity index (χ1v) is 11.9. The van der Waals surface area contributed by atoms with Crippen molar-refractivity contribution in [2.75, 3.05) is 20.3 Å². The van der Waals surface area contributed by atoms with Crippen molar-refractivity contribution in [1.29, 1.82) is 0 Å². The summed E-state index contributed by atoms with van der Waals surface area (Å²) in [6.07, 6.45) is -0.750. The molecule has 33 heavy (non-hydrogen) atoms. The molecule has 8 heteroatoms. The topological polar surface area (TPSA) is 82.1 Å². The summed E-state index contributed by atoms with van der Waals surface area (Å²) in [6, 6.07) is 20.4. The quantitative estimate of drug-likeness (QED) is 0.491. The summed E-state index contributed by atoms with van der Waals surface area (Å²) < 4.78 is 41.1. The molecule has 0 spiro atoms. The van der Waals surface area contributed by atoms with E-state index in [0.29, 0.717) is 25.3 Å². The minimum absolute atomic E-state index is 0.0807. The molecule has 1 aliphatic heterocycles. The fraction of sp³-hybridized carbons (Fsp3) is 0.240. The number of hydrogen-bond acceptors (Lipinski definition) is 6. The Morgan fingerprint density at radius 1 is 0.939 bits per heavy atom. The summed E-state index contributed by atoms with van der Waals surface area (Å²) in [5.41, 5.74) is 2.59. The highest BCUT2D eigenvalue weighted by Gasteiger charge is 2.31. The van der Waals surface area contributed by atoms with Crippen LogP contribution in [0, 0.1) is 6.92 Å². The van der Waals surface area contributed by atoms with Gasteiger partial charge in [-0.3, -0.25) is 4.79 Å². The predicted molar refractivity (Wildman–Crippen MR) is 123 cm³/mol. The Hall–Kier alpha value is -3.36. The Morgan fingerprint density at radius 2 is 1.58 bits per heavy atom. The summed E-state index contributed by atoms with van der Waals surface area (Å²) in [6.45, 7) is 3.26. The zero-order valence-corrected chi connectivity index (χ0v) is 19.2. The number of ether oxygens (including phenoxy) is 2. The van der Waals surface area contributed by atoms with Crippen LogP contribution in [0.3, 0.4) is 0 Å². The lowest BCUT2D eigenvalue weighted by atomic mass is 10.1. The van der Waals surface area contributed by atoms with Crippen LogP contribution < -0.4 is 8.92 Å². The van der Waals surface area contributed by atoms with Crippen LogP contribution in [-0.2, 0) is 26.2 Å². The molecule has 7 nitrogen and oxygen atoms in total. The maximum Gasteiger partial charge on any atom is 0.339 e. The molecule has 172 valence electrons. The molecule has 3 aromatic carbocycles. The van der Waals surface area contributed by atoms with Crippen LogP contribution in [0.1, 0.15) is 22.8 Å². The van der Waals surface area contributed by atoms with Gasteiger partial charge in [0.05, 0.1) is 13.7 Å². The van der Waals surface area contributed by atoms with Crippen LogP contribution in [0.2, 0.25) is 0 Å². The second kappa shape index (κ2) is 9.64. The minimum Gasteiger partial charge on any atom is -0.497 e. The van der Waals surface area contributed by atoms with Gasteiger partial charge in [0, 0.05) is 13.1 Å². The number of amides is 1. The molecule has 1 unspecified atom stereocenters. The average Bonchev–Trinajstić information content (AvgIpc) is 2.82. The van der Waals surface area contributed by atoms with E-state index in [4.69, 9.17) is 13.7 Å². The zero-order valence-electron chi connectivity index (χ0n) is 18.4. The number of aryl methyl sites for hydroxylation is 1. The summed E-state index contributed by atoms with van der Waals surface area (Å²) >= 11 is 0. The summed E-state index contributed by atoms with van der Waals surface area (Å²) in [7, 11) is -2.33. The van der Waals surface area contributed by atoms with Crippen molar-refractivity contribution in [3.8, 4) is 11.5 Å². The molecule has 1 fully saturated rings. The van der Waals surface area contributed by atoms with E-state index in [1.165, 1.54) is 24.3 Å². The monoisotopic (exact) mass is 467 g/mol. The van der Waals surface area contributed by atoms with E-state index in [1.807, 2.05) is 31.2 Å². The maximum atomic E-state index is 13.0. The van der Waals surface area contributed by atoms with Crippen molar-refractivity contribution in [2.45, 2.75) is 24.5 Å². The van der Waals surface area contributed by atoms with E-state index in [9.17, 15) is 13.2 Å². The third-order valence-corrected chi connectivity index (χ3v) is 6.67. The van der Waals surface area contributed by atoms with Crippen LogP contribution >= 0.6 is 0 Å². The first kappa shape index (κ1) is 22.8. The zero-order chi connectivity index (χ0) is 23.4. The van der Waals surface area contributed by atoms with Crippen molar-refractivity contribution in [3.05, 3.63) is 89.5 Å². The largest absolute Gasteiger partial charge is 0.497 e. The Bertz CT molecular complexity index is 1210. The van der Waals surface area contributed by atoms with Crippen molar-refractivity contribution in [3.63, 3.8) is 0 Å². The maximum absolute atomic E-state index is 13.0. The molecule has 1 saturated heterocycles. The molecule has 0 bridgehead atoms. The number of hydrogen-bond donors (Lipinski definition) is 0. The van der Waals surface area contributed by atoms with Gasteiger partial charge < -0.3 is 18.6 Å². The third-order valence-electron chi connectivity index (χ3n) is 5.41. The second-order valence-corrected chi connectivity index (χ2v) is 9.32. The van der Waals surface area contributed by atoms with E-state index in [2.05, 4.69) is 0 Å². The molecular formula is C25H25NO6S. The van der Waals surface area contributed by atoms with Crippen LogP contribution in [0.4, 0.5) is 0 Å². The van der Waals surface area contributed by atoms with Gasteiger partial charge in [-0.05, 0) is 54.4 Å². The van der Waals surface area contributed by atoms with Gasteiger partial charge in [-0.1, -0.05) is 42.0 Å². The normalized spacial score (nSPS) is 16.5. The molecule has 0 radical (unpaired) electrons. The highest BCUT2D eigenvalue weighted by atomic mass is 32.2. The summed E-state index contributed by atoms with van der Waals surface area (Å²) in [5.74, 6) is 0.785. The van der Waals surface area contributed by atoms with Crippen molar-refractivity contribution < 1.29 is 26.9 Å². The second-order valence-electron chi connectivity index (χ2n) is 7.78. The first-order chi connectivity index (χ1) is 15.9. The minimum atomic E-state index is -3.94. The van der Waals surface area contributed by atoms with Crippen LogP contribution in [0.15, 0.2) is 77.7 Å². The number of morpholine rings is 1. The van der Waals surface area contributed by atoms with Gasteiger partial charge >= 0.3 is 10.1 Å². The van der Waals surface area contributed by atoms with Gasteiger partial charge in [0.1, 0.15) is 16.4 Å². The molecule has 1 atom stereocenters. The lowest BCUT2D eigenvalue weighted by Crippen LogP contribution is -2.42. The Morgan fingerprint density at radius 3 is 2.21 bits per heavy atom. The number of benzene rings is 3. The number of nitrogens with zero attached hydrogens (tertiary/aromatic N) is 1. The van der Waals surface area contributed by atoms with E-state index in [0.717, 1.165) is 16.9 Å². The van der Waals surface area contributed by atoms with Gasteiger partial charge in [-0.15, -0.1) is 0 Å². The van der Waals surface area contributed by atoms with Crippen molar-refractivity contribution >= 4 is 16.0 Å². The average molecular weight is 468 g/mol. The summed E-state index contributed by atoms with van der Waals surface area (Å²) in [5, 5.41) is 0. The van der Waals surface area contributed by atoms with Crippen molar-refractivity contribution in [1.82, 2.24) is 4.90 Å². The molecule has 1 aliphatic rings. The van der Waals surface area contributed by atoms with E-state index in [1.54, 1.807) is 36.3 Å². The van der Waals surface area contributed by atoms with Crippen LogP contribution in [0.5, 0.6) is 11.5 Å². The SMILES string of the molecule is COc1ccc(CN2CCOC(c3ccc(OS(=O)(=O)c4ccc(C)cc4)cc3)C2=O)cc1. The van der Waals surface area contributed by atoms with Gasteiger partial charge in [0.25, 0.3) is 5.91 Å². The van der Waals surface area contributed by atoms with Gasteiger partial charge in [-0.25, -0.2) is 0 Å². The van der Waals surface area contributed by atoms with Gasteiger partial charge in [0.2, 0.25) is 0 Å². The van der Waals surface area contributed by atoms with E-state index in [-0.39, 0.29) is 16.6 Å². The smallest absolute Gasteiger partial charge is 0.339 e. The molecule has 4 rings (SSSR count). The molecule has 0 aliphatic carbocycles. The third kappa shape index (κ3) is 5.35. The fourth-order valence-electron chi connectivity index (χ4n) is 3.55. The highest BCUT2D eigenvalue weighted by molar-refractivity contribution is 7.87. The molecule has 3 aromatic rings. The first-order valence-electron chi connectivity index (χ1n) is 10.5. The van der Waals surface area contributed by atoms with E-state index < -0.39 is 16.2 Å². The summed E-state index contributed by atoms with van der Waals surface area (Å²) in [4.78, 5) is 14.9. The predicted octanol–water partition coefficient (Wildman–Crippen LogP) is 3.87. The number of methoxy groups -OCH3 is 1. The fourth-order valence-corrected chi connectivity index (χ4v) is 4.48. The lowest BCUT2D eigenvalue weighted by molar-refractivity contribution is -0.154. The molecule has 1 amide bonds. The Labute approximate surface area is 193 Å². The van der Waals surface area contributed by atoms with Crippen LogP contribution in [-0.4, -0.2) is 39.5 Å². The van der Waals surface area contributed by atoms with E-state index >= 15 is 0 Å². The standard InChI is InChI=1S/C25H25NO6S/c1-18-3-13-23(14-4-18)33(28,29)32-22-11-7-20(8-12-22)24-25(27)26(15-16-31-24)17-19-5-9-21(30-2)10-6-19/h3-14,24H,15-17H2,1-2H3.